The molecule has 2 heterocycles. The van der Waals surface area contributed by atoms with Gasteiger partial charge in [-0.1, -0.05) is 24.3 Å². The molecule has 27 heavy (non-hydrogen) atoms. The molecule has 1 aliphatic heterocycles. The largest absolute Gasteiger partial charge is 0.502 e. The number of halogens is 6. The Bertz CT molecular complexity index is 881. The van der Waals surface area contributed by atoms with Crippen LogP contribution in [0.25, 0.3) is 0 Å². The van der Waals surface area contributed by atoms with E-state index in [1.165, 1.54) is 0 Å². The summed E-state index contributed by atoms with van der Waals surface area (Å²) in [5.41, 5.74) is -0.367. The molecule has 1 atom stereocenters. The van der Waals surface area contributed by atoms with Crippen LogP contribution in [0.2, 0.25) is 0 Å². The van der Waals surface area contributed by atoms with Crippen molar-refractivity contribution >= 4 is 0 Å². The van der Waals surface area contributed by atoms with E-state index >= 15 is 0 Å². The molecule has 1 aliphatic rings. The summed E-state index contributed by atoms with van der Waals surface area (Å²) in [5, 5.41) is 9.36. The van der Waals surface area contributed by atoms with E-state index in [0.29, 0.717) is 17.3 Å². The number of nitrogens with zero attached hydrogens (tertiary/aromatic N) is 3. The van der Waals surface area contributed by atoms with E-state index in [1.54, 1.807) is 24.3 Å². The second-order valence-electron chi connectivity index (χ2n) is 6.13. The lowest BCUT2D eigenvalue weighted by atomic mass is 10.1. The summed E-state index contributed by atoms with van der Waals surface area (Å²) in [5.74, 6) is -2.27. The quantitative estimate of drug-likeness (QED) is 0.815. The van der Waals surface area contributed by atoms with Crippen LogP contribution >= 0.6 is 0 Å². The van der Waals surface area contributed by atoms with Crippen molar-refractivity contribution in [2.24, 2.45) is 0 Å². The highest BCUT2D eigenvalue weighted by molar-refractivity contribution is 5.31. The number of hydrogen-bond acceptors (Lipinski definition) is 4. The van der Waals surface area contributed by atoms with E-state index in [0.717, 1.165) is 4.90 Å². The van der Waals surface area contributed by atoms with Crippen LogP contribution < -0.4 is 5.56 Å². The van der Waals surface area contributed by atoms with Crippen LogP contribution in [0.5, 0.6) is 5.75 Å². The molecule has 0 unspecified atom stereocenters. The molecule has 0 aliphatic carbocycles. The Morgan fingerprint density at radius 1 is 1.07 bits per heavy atom. The first-order valence-electron chi connectivity index (χ1n) is 7.70. The number of alkyl halides is 6. The highest BCUT2D eigenvalue weighted by atomic mass is 19.4. The summed E-state index contributed by atoms with van der Waals surface area (Å²) in [6.45, 7) is -2.32. The third-order valence-electron chi connectivity index (χ3n) is 4.18. The zero-order valence-corrected chi connectivity index (χ0v) is 13.6. The van der Waals surface area contributed by atoms with Crippen molar-refractivity contribution in [1.82, 2.24) is 14.5 Å². The second kappa shape index (κ2) is 6.55. The lowest BCUT2D eigenvalue weighted by Crippen LogP contribution is -2.41. The normalized spacial score (nSPS) is 16.4. The molecule has 1 aromatic heterocycles. The number of benzene rings is 1. The van der Waals surface area contributed by atoms with Gasteiger partial charge < -0.3 is 5.11 Å². The van der Waals surface area contributed by atoms with E-state index in [4.69, 9.17) is 0 Å². The molecule has 0 bridgehead atoms. The molecule has 2 aromatic rings. The van der Waals surface area contributed by atoms with Crippen LogP contribution in [0.1, 0.15) is 23.0 Å². The number of aromatic nitrogens is 2. The molecule has 11 heteroatoms. The van der Waals surface area contributed by atoms with Crippen molar-refractivity contribution in [1.29, 1.82) is 0 Å². The maximum atomic E-state index is 13.8. The highest BCUT2D eigenvalue weighted by Crippen LogP contribution is 2.41. The van der Waals surface area contributed by atoms with Crippen molar-refractivity contribution < 1.29 is 31.4 Å². The van der Waals surface area contributed by atoms with Crippen LogP contribution in [-0.4, -0.2) is 31.9 Å². The number of aromatic hydroxyl groups is 1. The second-order valence-corrected chi connectivity index (χ2v) is 6.13. The molecule has 1 aromatic carbocycles. The van der Waals surface area contributed by atoms with Crippen LogP contribution in [0.4, 0.5) is 26.3 Å². The summed E-state index contributed by atoms with van der Waals surface area (Å²) in [4.78, 5) is 16.2. The zero-order valence-electron chi connectivity index (χ0n) is 13.6. The summed E-state index contributed by atoms with van der Waals surface area (Å²) in [6, 6.07) is 3.98. The fraction of sp³-hybridized carbons (Fsp3) is 0.375. The molecule has 0 amide bonds. The van der Waals surface area contributed by atoms with Crippen LogP contribution in [-0.2, 0) is 19.6 Å². The van der Waals surface area contributed by atoms with E-state index in [2.05, 4.69) is 4.98 Å². The van der Waals surface area contributed by atoms with Crippen molar-refractivity contribution in [2.45, 2.75) is 38.0 Å². The van der Waals surface area contributed by atoms with Gasteiger partial charge in [-0.3, -0.25) is 14.3 Å². The number of fused-ring (bicyclic) bond motifs is 1. The van der Waals surface area contributed by atoms with Crippen LogP contribution in [0.15, 0.2) is 35.3 Å². The Labute approximate surface area is 148 Å². The Morgan fingerprint density at radius 2 is 1.63 bits per heavy atom. The average Bonchev–Trinajstić information content (AvgIpc) is 2.95. The summed E-state index contributed by atoms with van der Waals surface area (Å²) in [6.07, 6.45) is -9.53. The van der Waals surface area contributed by atoms with Gasteiger partial charge in [-0.05, 0) is 11.1 Å². The topological polar surface area (TPSA) is 58.4 Å². The smallest absolute Gasteiger partial charge is 0.411 e. The van der Waals surface area contributed by atoms with Crippen molar-refractivity contribution in [3.8, 4) is 5.75 Å². The Hall–Kier alpha value is -2.56. The van der Waals surface area contributed by atoms with E-state index in [-0.39, 0.29) is 17.7 Å². The molecule has 0 fully saturated rings. The van der Waals surface area contributed by atoms with E-state index in [1.807, 2.05) is 0 Å². The standard InChI is InChI=1S/C16H13F6N3O2/c17-15(18,19)8-25-13(23-5-11(26)14(25)27)12(16(20,21)22)24-6-9-3-1-2-4-10(9)7-24/h1-5,12,26H,6-8H2/t12-/m1/s1. The zero-order chi connectivity index (χ0) is 20.0. The molecule has 5 nitrogen and oxygen atoms in total. The molecule has 0 radical (unpaired) electrons. The molecule has 3 rings (SSSR count). The van der Waals surface area contributed by atoms with Crippen molar-refractivity contribution in [3.63, 3.8) is 0 Å². The van der Waals surface area contributed by atoms with Gasteiger partial charge >= 0.3 is 12.4 Å². The fourth-order valence-corrected chi connectivity index (χ4v) is 3.10. The number of hydrogen-bond donors (Lipinski definition) is 1. The van der Waals surface area contributed by atoms with Gasteiger partial charge in [0.25, 0.3) is 5.56 Å². The minimum absolute atomic E-state index is 0.164. The van der Waals surface area contributed by atoms with Gasteiger partial charge in [-0.2, -0.15) is 26.3 Å². The molecule has 0 saturated carbocycles. The molecule has 0 saturated heterocycles. The van der Waals surface area contributed by atoms with Gasteiger partial charge in [0.05, 0.1) is 6.20 Å². The van der Waals surface area contributed by atoms with Gasteiger partial charge in [0.2, 0.25) is 0 Å². The fourth-order valence-electron chi connectivity index (χ4n) is 3.10. The molecule has 1 N–H and O–H groups in total. The first-order chi connectivity index (χ1) is 12.5. The maximum Gasteiger partial charge on any atom is 0.411 e. The highest BCUT2D eigenvalue weighted by Gasteiger charge is 2.49. The van der Waals surface area contributed by atoms with E-state index in [9.17, 15) is 36.2 Å². The monoisotopic (exact) mass is 393 g/mol. The van der Waals surface area contributed by atoms with Crippen molar-refractivity contribution in [3.05, 3.63) is 57.8 Å². The third kappa shape index (κ3) is 3.92. The Balaban J connectivity index is 2.10. The first kappa shape index (κ1) is 19.2. The van der Waals surface area contributed by atoms with Crippen LogP contribution in [0.3, 0.4) is 0 Å². The molecular formula is C16H13F6N3O2. The summed E-state index contributed by atoms with van der Waals surface area (Å²) >= 11 is 0. The lowest BCUT2D eigenvalue weighted by Gasteiger charge is -2.30. The SMILES string of the molecule is O=c1c(O)cnc([C@@H](N2Cc3ccccc3C2)C(F)(F)F)n1CC(F)(F)F. The first-order valence-corrected chi connectivity index (χ1v) is 7.70. The number of rotatable bonds is 3. The van der Waals surface area contributed by atoms with Gasteiger partial charge in [0, 0.05) is 13.1 Å². The summed E-state index contributed by atoms with van der Waals surface area (Å²) in [7, 11) is 0. The van der Waals surface area contributed by atoms with Crippen molar-refractivity contribution in [2.75, 3.05) is 0 Å². The van der Waals surface area contributed by atoms with Gasteiger partial charge in [0.15, 0.2) is 11.8 Å². The molecular weight excluding hydrogens is 380 g/mol. The van der Waals surface area contributed by atoms with Gasteiger partial charge in [0.1, 0.15) is 12.4 Å². The molecule has 0 spiro atoms. The Morgan fingerprint density at radius 3 is 2.11 bits per heavy atom. The molecule has 146 valence electrons. The minimum atomic E-state index is -4.99. The van der Waals surface area contributed by atoms with Crippen LogP contribution in [0, 0.1) is 0 Å². The lowest BCUT2D eigenvalue weighted by molar-refractivity contribution is -0.193. The predicted octanol–water partition coefficient (Wildman–Crippen LogP) is 3.13. The van der Waals surface area contributed by atoms with Gasteiger partial charge in [-0.25, -0.2) is 4.98 Å². The average molecular weight is 393 g/mol. The predicted molar refractivity (Wildman–Crippen MR) is 80.7 cm³/mol. The minimum Gasteiger partial charge on any atom is -0.502 e. The van der Waals surface area contributed by atoms with Gasteiger partial charge in [-0.15, -0.1) is 0 Å². The van der Waals surface area contributed by atoms with E-state index < -0.39 is 42.1 Å². The third-order valence-corrected chi connectivity index (χ3v) is 4.18. The maximum absolute atomic E-state index is 13.8. The Kier molecular flexibility index (Phi) is 4.66. The summed E-state index contributed by atoms with van der Waals surface area (Å²) < 4.78 is 79.6.